The first-order chi connectivity index (χ1) is 10.0. The lowest BCUT2D eigenvalue weighted by Crippen LogP contribution is -2.20. The number of benzene rings is 1. The van der Waals surface area contributed by atoms with Crippen molar-refractivity contribution < 1.29 is 27.1 Å². The van der Waals surface area contributed by atoms with Crippen molar-refractivity contribution in [3.63, 3.8) is 0 Å². The average molecular weight is 301 g/mol. The van der Waals surface area contributed by atoms with Gasteiger partial charge < -0.3 is 19.2 Å². The molecule has 0 fully saturated rings. The Morgan fingerprint density at radius 2 is 1.76 bits per heavy atom. The lowest BCUT2D eigenvalue weighted by molar-refractivity contribution is -0.274. The summed E-state index contributed by atoms with van der Waals surface area (Å²) in [6.07, 6.45) is -1.44. The average Bonchev–Trinajstić information content (AvgIpc) is 2.92. The molecule has 1 aromatic heterocycles. The third-order valence-corrected chi connectivity index (χ3v) is 2.51. The van der Waals surface area contributed by atoms with Crippen LogP contribution in [0.3, 0.4) is 0 Å². The Bertz CT molecular complexity index is 523. The van der Waals surface area contributed by atoms with E-state index < -0.39 is 6.36 Å². The molecule has 114 valence electrons. The molecule has 0 aliphatic carbocycles. The molecule has 21 heavy (non-hydrogen) atoms. The number of furan rings is 1. The Balaban J connectivity index is 1.66. The predicted molar refractivity (Wildman–Crippen MR) is 69.0 cm³/mol. The van der Waals surface area contributed by atoms with E-state index in [1.807, 2.05) is 6.07 Å². The molecule has 2 rings (SSSR count). The van der Waals surface area contributed by atoms with Gasteiger partial charge in [0.25, 0.3) is 0 Å². The van der Waals surface area contributed by atoms with Gasteiger partial charge in [-0.2, -0.15) is 0 Å². The number of hydrogen-bond donors (Lipinski definition) is 1. The van der Waals surface area contributed by atoms with Gasteiger partial charge >= 0.3 is 6.36 Å². The molecule has 0 spiro atoms. The van der Waals surface area contributed by atoms with Crippen molar-refractivity contribution >= 4 is 0 Å². The third-order valence-electron chi connectivity index (χ3n) is 2.51. The van der Waals surface area contributed by atoms with E-state index in [1.165, 1.54) is 24.3 Å². The zero-order valence-electron chi connectivity index (χ0n) is 11.0. The van der Waals surface area contributed by atoms with E-state index in [-0.39, 0.29) is 5.75 Å². The number of ether oxygens (including phenoxy) is 2. The molecule has 7 heteroatoms. The van der Waals surface area contributed by atoms with Crippen LogP contribution in [-0.4, -0.2) is 19.5 Å². The van der Waals surface area contributed by atoms with Gasteiger partial charge in [-0.25, -0.2) is 0 Å². The van der Waals surface area contributed by atoms with Crippen LogP contribution in [0.4, 0.5) is 13.2 Å². The number of alkyl halides is 3. The van der Waals surface area contributed by atoms with Gasteiger partial charge in [-0.05, 0) is 30.3 Å². The van der Waals surface area contributed by atoms with Gasteiger partial charge in [0.2, 0.25) is 0 Å². The number of rotatable bonds is 7. The van der Waals surface area contributed by atoms with Crippen molar-refractivity contribution in [3.8, 4) is 11.5 Å². The highest BCUT2D eigenvalue weighted by molar-refractivity contribution is 5.31. The molecular weight excluding hydrogens is 287 g/mol. The van der Waals surface area contributed by atoms with Crippen LogP contribution in [0.5, 0.6) is 11.5 Å². The summed E-state index contributed by atoms with van der Waals surface area (Å²) in [5, 5.41) is 3.14. The van der Waals surface area contributed by atoms with Gasteiger partial charge in [0.05, 0.1) is 12.5 Å². The normalized spacial score (nSPS) is 11.4. The van der Waals surface area contributed by atoms with Crippen LogP contribution in [-0.2, 0) is 6.54 Å². The molecule has 0 radical (unpaired) electrons. The first-order valence-corrected chi connectivity index (χ1v) is 6.23. The minimum absolute atomic E-state index is 0.270. The second-order valence-corrected chi connectivity index (χ2v) is 4.18. The summed E-state index contributed by atoms with van der Waals surface area (Å²) in [6.45, 7) is 1.67. The summed E-state index contributed by atoms with van der Waals surface area (Å²) < 4.78 is 50.0. The fraction of sp³-hybridized carbons (Fsp3) is 0.286. The van der Waals surface area contributed by atoms with E-state index in [4.69, 9.17) is 9.15 Å². The Morgan fingerprint density at radius 3 is 2.38 bits per heavy atom. The third kappa shape index (κ3) is 5.78. The van der Waals surface area contributed by atoms with Crippen molar-refractivity contribution in [1.29, 1.82) is 0 Å². The van der Waals surface area contributed by atoms with Gasteiger partial charge in [0.1, 0.15) is 18.1 Å². The monoisotopic (exact) mass is 301 g/mol. The van der Waals surface area contributed by atoms with Gasteiger partial charge in [-0.15, -0.1) is 13.2 Å². The van der Waals surface area contributed by atoms with E-state index in [1.54, 1.807) is 12.5 Å². The van der Waals surface area contributed by atoms with Crippen LogP contribution in [0.15, 0.2) is 47.3 Å². The summed E-state index contributed by atoms with van der Waals surface area (Å²) in [5.41, 5.74) is 1.03. The van der Waals surface area contributed by atoms with Crippen molar-refractivity contribution in [2.75, 3.05) is 13.2 Å². The molecule has 2 aromatic rings. The van der Waals surface area contributed by atoms with E-state index in [0.717, 1.165) is 5.56 Å². The molecule has 0 bridgehead atoms. The molecule has 0 saturated heterocycles. The van der Waals surface area contributed by atoms with Crippen LogP contribution in [0.2, 0.25) is 0 Å². The maximum atomic E-state index is 12.0. The minimum atomic E-state index is -4.68. The Hall–Kier alpha value is -2.15. The first-order valence-electron chi connectivity index (χ1n) is 6.23. The van der Waals surface area contributed by atoms with E-state index in [0.29, 0.717) is 25.4 Å². The van der Waals surface area contributed by atoms with E-state index in [9.17, 15) is 13.2 Å². The molecule has 1 aromatic carbocycles. The highest BCUT2D eigenvalue weighted by Crippen LogP contribution is 2.24. The summed E-state index contributed by atoms with van der Waals surface area (Å²) in [5.74, 6) is 0.211. The smallest absolute Gasteiger partial charge is 0.492 e. The fourth-order valence-electron chi connectivity index (χ4n) is 1.60. The standard InChI is InChI=1S/C14H14F3NO3/c15-14(16,17)21-13-3-1-12(2-4-13)20-8-6-18-9-11-5-7-19-10-11/h1-5,7,10,18H,6,8-9H2. The molecule has 0 aliphatic rings. The highest BCUT2D eigenvalue weighted by atomic mass is 19.4. The zero-order valence-corrected chi connectivity index (χ0v) is 11.0. The molecule has 0 atom stereocenters. The molecular formula is C14H14F3NO3. The number of hydrogen-bond acceptors (Lipinski definition) is 4. The maximum Gasteiger partial charge on any atom is 0.573 e. The molecule has 0 saturated carbocycles. The van der Waals surface area contributed by atoms with Crippen molar-refractivity contribution in [2.45, 2.75) is 12.9 Å². The summed E-state index contributed by atoms with van der Waals surface area (Å²) in [6, 6.07) is 7.13. The zero-order chi connectivity index (χ0) is 15.1. The molecule has 0 amide bonds. The summed E-state index contributed by atoms with van der Waals surface area (Å²) >= 11 is 0. The van der Waals surface area contributed by atoms with Gasteiger partial charge in [0, 0.05) is 18.7 Å². The van der Waals surface area contributed by atoms with Gasteiger partial charge in [-0.1, -0.05) is 0 Å². The summed E-state index contributed by atoms with van der Waals surface area (Å²) in [7, 11) is 0. The van der Waals surface area contributed by atoms with Gasteiger partial charge in [-0.3, -0.25) is 0 Å². The molecule has 4 nitrogen and oxygen atoms in total. The Kier molecular flexibility index (Phi) is 5.10. The van der Waals surface area contributed by atoms with Crippen LogP contribution >= 0.6 is 0 Å². The first kappa shape index (κ1) is 15.2. The van der Waals surface area contributed by atoms with Crippen molar-refractivity contribution in [3.05, 3.63) is 48.4 Å². The quantitative estimate of drug-likeness (QED) is 0.797. The minimum Gasteiger partial charge on any atom is -0.492 e. The fourth-order valence-corrected chi connectivity index (χ4v) is 1.60. The highest BCUT2D eigenvalue weighted by Gasteiger charge is 2.30. The Morgan fingerprint density at radius 1 is 1.05 bits per heavy atom. The van der Waals surface area contributed by atoms with Crippen LogP contribution in [0.25, 0.3) is 0 Å². The van der Waals surface area contributed by atoms with Gasteiger partial charge in [0.15, 0.2) is 0 Å². The van der Waals surface area contributed by atoms with E-state index in [2.05, 4.69) is 10.1 Å². The molecule has 0 aliphatic heterocycles. The van der Waals surface area contributed by atoms with E-state index >= 15 is 0 Å². The van der Waals surface area contributed by atoms with Crippen LogP contribution < -0.4 is 14.8 Å². The Labute approximate surface area is 119 Å². The topological polar surface area (TPSA) is 43.6 Å². The second kappa shape index (κ2) is 7.03. The maximum absolute atomic E-state index is 12.0. The number of halogens is 3. The summed E-state index contributed by atoms with van der Waals surface area (Å²) in [4.78, 5) is 0. The lowest BCUT2D eigenvalue weighted by Gasteiger charge is -2.10. The predicted octanol–water partition coefficient (Wildman–Crippen LogP) is 3.35. The lowest BCUT2D eigenvalue weighted by atomic mass is 10.3. The van der Waals surface area contributed by atoms with Crippen molar-refractivity contribution in [1.82, 2.24) is 5.32 Å². The molecule has 0 unspecified atom stereocenters. The molecule has 1 N–H and O–H groups in total. The number of nitrogens with one attached hydrogen (secondary N) is 1. The van der Waals surface area contributed by atoms with Crippen LogP contribution in [0.1, 0.15) is 5.56 Å². The van der Waals surface area contributed by atoms with Crippen LogP contribution in [0, 0.1) is 0 Å². The van der Waals surface area contributed by atoms with Crippen molar-refractivity contribution in [2.24, 2.45) is 0 Å². The molecule has 1 heterocycles. The SMILES string of the molecule is FC(F)(F)Oc1ccc(OCCNCc2ccoc2)cc1. The second-order valence-electron chi connectivity index (χ2n) is 4.18. The largest absolute Gasteiger partial charge is 0.573 e.